The zero-order valence-electron chi connectivity index (χ0n) is 18.8. The molecule has 33 heavy (non-hydrogen) atoms. The van der Waals surface area contributed by atoms with Crippen molar-refractivity contribution in [2.45, 2.75) is 57.5 Å². The number of rotatable bonds is 8. The number of hydrogen-bond acceptors (Lipinski definition) is 4. The molecule has 2 aliphatic carbocycles. The lowest BCUT2D eigenvalue weighted by molar-refractivity contribution is -0.146. The molecule has 0 bridgehead atoms. The molecule has 0 aliphatic heterocycles. The topological polar surface area (TPSA) is 98.7 Å². The summed E-state index contributed by atoms with van der Waals surface area (Å²) in [4.78, 5) is 23.7. The number of aliphatic carboxylic acids is 1. The molecule has 1 fully saturated rings. The van der Waals surface area contributed by atoms with E-state index in [1.807, 2.05) is 24.3 Å². The van der Waals surface area contributed by atoms with Crippen molar-refractivity contribution in [2.24, 2.45) is 11.3 Å². The molecule has 0 heterocycles. The molecule has 0 saturated heterocycles. The molecular weight excluding hydrogens is 416 g/mol. The van der Waals surface area contributed by atoms with Gasteiger partial charge in [0.05, 0.1) is 0 Å². The quantitative estimate of drug-likeness (QED) is 0.277. The number of nitrogens with one attached hydrogen (secondary N) is 2. The molecule has 0 unspecified atom stereocenters. The molecule has 1 atom stereocenters. The zero-order chi connectivity index (χ0) is 23.3. The van der Waals surface area contributed by atoms with Crippen LogP contribution >= 0.6 is 0 Å². The molecule has 0 aromatic heterocycles. The Morgan fingerprint density at radius 3 is 2.21 bits per heavy atom. The van der Waals surface area contributed by atoms with E-state index in [9.17, 15) is 14.7 Å². The largest absolute Gasteiger partial charge is 0.480 e. The second-order valence-electron chi connectivity index (χ2n) is 9.37. The predicted octanol–water partition coefficient (Wildman–Crippen LogP) is 4.11. The number of carboxylic acid groups (broad SMARTS) is 1. The third-order valence-corrected chi connectivity index (χ3v) is 7.50. The Morgan fingerprint density at radius 2 is 1.64 bits per heavy atom. The normalized spacial score (nSPS) is 18.7. The smallest absolute Gasteiger partial charge is 0.321 e. The average Bonchev–Trinajstić information content (AvgIpc) is 3.29. The summed E-state index contributed by atoms with van der Waals surface area (Å²) in [7, 11) is 0. The Bertz CT molecular complexity index is 984. The summed E-state index contributed by atoms with van der Waals surface area (Å²) in [5.41, 5.74) is 5.87. The summed E-state index contributed by atoms with van der Waals surface area (Å²) in [5.74, 6) is -1.01. The van der Waals surface area contributed by atoms with Crippen molar-refractivity contribution < 1.29 is 19.9 Å². The highest BCUT2D eigenvalue weighted by Crippen LogP contribution is 2.50. The maximum absolute atomic E-state index is 12.6. The fourth-order valence-electron chi connectivity index (χ4n) is 5.82. The third kappa shape index (κ3) is 5.18. The van der Waals surface area contributed by atoms with Crippen LogP contribution in [0.2, 0.25) is 0 Å². The molecular formula is C27H32N2O4. The SMILES string of the molecule is O=C(C=Cc1ccc(CN[C@H](C(=O)O)C2(C3Cc4ccccc4C3)CCCCC2)cc1)NO. The maximum atomic E-state index is 12.6. The maximum Gasteiger partial charge on any atom is 0.321 e. The van der Waals surface area contributed by atoms with E-state index < -0.39 is 17.9 Å². The van der Waals surface area contributed by atoms with E-state index in [1.54, 1.807) is 11.6 Å². The van der Waals surface area contributed by atoms with E-state index >= 15 is 0 Å². The van der Waals surface area contributed by atoms with Crippen molar-refractivity contribution >= 4 is 18.0 Å². The van der Waals surface area contributed by atoms with Gasteiger partial charge in [0.15, 0.2) is 0 Å². The average molecular weight is 449 g/mol. The van der Waals surface area contributed by atoms with Crippen molar-refractivity contribution in [3.8, 4) is 0 Å². The summed E-state index contributed by atoms with van der Waals surface area (Å²) < 4.78 is 0. The van der Waals surface area contributed by atoms with Crippen LogP contribution in [-0.2, 0) is 29.0 Å². The van der Waals surface area contributed by atoms with Crippen molar-refractivity contribution in [2.75, 3.05) is 0 Å². The molecule has 2 aromatic carbocycles. The fraction of sp³-hybridized carbons (Fsp3) is 0.407. The lowest BCUT2D eigenvalue weighted by atomic mass is 9.60. The Hall–Kier alpha value is -2.96. The van der Waals surface area contributed by atoms with Gasteiger partial charge < -0.3 is 5.11 Å². The number of benzene rings is 2. The molecule has 0 spiro atoms. The fourth-order valence-corrected chi connectivity index (χ4v) is 5.82. The number of carbonyl (C=O) groups excluding carboxylic acids is 1. The third-order valence-electron chi connectivity index (χ3n) is 7.50. The van der Waals surface area contributed by atoms with Crippen molar-refractivity contribution in [1.29, 1.82) is 0 Å². The molecule has 2 aromatic rings. The number of hydrogen-bond donors (Lipinski definition) is 4. The Morgan fingerprint density at radius 1 is 1.00 bits per heavy atom. The van der Waals surface area contributed by atoms with Crippen molar-refractivity contribution in [3.63, 3.8) is 0 Å². The van der Waals surface area contributed by atoms with Crippen LogP contribution in [-0.4, -0.2) is 28.2 Å². The van der Waals surface area contributed by atoms with Crippen LogP contribution in [0.15, 0.2) is 54.6 Å². The molecule has 1 saturated carbocycles. The second kappa shape index (κ2) is 10.3. The zero-order valence-corrected chi connectivity index (χ0v) is 18.8. The Kier molecular flexibility index (Phi) is 7.26. The van der Waals surface area contributed by atoms with Crippen LogP contribution < -0.4 is 10.8 Å². The Labute approximate surface area is 194 Å². The second-order valence-corrected chi connectivity index (χ2v) is 9.37. The number of fused-ring (bicyclic) bond motifs is 1. The van der Waals surface area contributed by atoms with Crippen LogP contribution in [0.4, 0.5) is 0 Å². The first-order chi connectivity index (χ1) is 16.0. The summed E-state index contributed by atoms with van der Waals surface area (Å²) in [6.07, 6.45) is 10.0. The Balaban J connectivity index is 1.49. The number of amides is 1. The van der Waals surface area contributed by atoms with Crippen molar-refractivity contribution in [1.82, 2.24) is 10.8 Å². The molecule has 4 N–H and O–H groups in total. The molecule has 6 heteroatoms. The molecule has 174 valence electrons. The van der Waals surface area contributed by atoms with Crippen LogP contribution in [0, 0.1) is 11.3 Å². The highest BCUT2D eigenvalue weighted by atomic mass is 16.5. The van der Waals surface area contributed by atoms with E-state index in [2.05, 4.69) is 29.6 Å². The summed E-state index contributed by atoms with van der Waals surface area (Å²) in [6, 6.07) is 15.6. The first-order valence-corrected chi connectivity index (χ1v) is 11.8. The van der Waals surface area contributed by atoms with E-state index in [0.717, 1.165) is 49.7 Å². The van der Waals surface area contributed by atoms with Crippen LogP contribution in [0.5, 0.6) is 0 Å². The first kappa shape index (κ1) is 23.2. The number of carboxylic acids is 1. The van der Waals surface area contributed by atoms with Gasteiger partial charge in [0.2, 0.25) is 0 Å². The van der Waals surface area contributed by atoms with E-state index in [0.29, 0.717) is 12.5 Å². The van der Waals surface area contributed by atoms with Gasteiger partial charge in [-0.15, -0.1) is 0 Å². The highest BCUT2D eigenvalue weighted by molar-refractivity contribution is 5.90. The minimum Gasteiger partial charge on any atom is -0.480 e. The van der Waals surface area contributed by atoms with E-state index in [4.69, 9.17) is 5.21 Å². The molecule has 1 amide bonds. The van der Waals surface area contributed by atoms with Crippen LogP contribution in [0.25, 0.3) is 6.08 Å². The number of carbonyl (C=O) groups is 2. The van der Waals surface area contributed by atoms with Gasteiger partial charge in [-0.1, -0.05) is 67.8 Å². The monoisotopic (exact) mass is 448 g/mol. The lowest BCUT2D eigenvalue weighted by Gasteiger charge is -2.46. The van der Waals surface area contributed by atoms with Gasteiger partial charge in [-0.2, -0.15) is 0 Å². The van der Waals surface area contributed by atoms with Gasteiger partial charge in [0.1, 0.15) is 6.04 Å². The van der Waals surface area contributed by atoms with Gasteiger partial charge in [-0.05, 0) is 65.3 Å². The van der Waals surface area contributed by atoms with Crippen LogP contribution in [0.1, 0.15) is 54.4 Å². The summed E-state index contributed by atoms with van der Waals surface area (Å²) >= 11 is 0. The van der Waals surface area contributed by atoms with Gasteiger partial charge in [0.25, 0.3) is 5.91 Å². The molecule has 4 rings (SSSR count). The van der Waals surface area contributed by atoms with Crippen LogP contribution in [0.3, 0.4) is 0 Å². The predicted molar refractivity (Wildman–Crippen MR) is 127 cm³/mol. The van der Waals surface area contributed by atoms with E-state index in [-0.39, 0.29) is 5.41 Å². The van der Waals surface area contributed by atoms with Crippen molar-refractivity contribution in [3.05, 3.63) is 76.9 Å². The highest BCUT2D eigenvalue weighted by Gasteiger charge is 2.50. The number of hydroxylamine groups is 1. The van der Waals surface area contributed by atoms with Gasteiger partial charge in [-0.25, -0.2) is 5.48 Å². The summed E-state index contributed by atoms with van der Waals surface area (Å²) in [5, 5.41) is 22.3. The van der Waals surface area contributed by atoms with Gasteiger partial charge in [0, 0.05) is 12.6 Å². The minimum atomic E-state index is -0.762. The van der Waals surface area contributed by atoms with Gasteiger partial charge >= 0.3 is 5.97 Å². The lowest BCUT2D eigenvalue weighted by Crippen LogP contribution is -2.55. The first-order valence-electron chi connectivity index (χ1n) is 11.8. The standard InChI is InChI=1S/C27H32N2O4/c30-24(29-33)13-12-19-8-10-20(11-9-19)18-28-25(26(31)32)27(14-4-1-5-15-27)23-16-21-6-2-3-7-22(21)17-23/h2-3,6-13,23,25,28,33H,1,4-5,14-18H2,(H,29,30)(H,31,32)/t25-/m1/s1. The molecule has 2 aliphatic rings. The molecule has 0 radical (unpaired) electrons. The summed E-state index contributed by atoms with van der Waals surface area (Å²) in [6.45, 7) is 0.472. The minimum absolute atomic E-state index is 0.247. The van der Waals surface area contributed by atoms with Gasteiger partial charge in [-0.3, -0.25) is 20.1 Å². The van der Waals surface area contributed by atoms with E-state index in [1.165, 1.54) is 23.6 Å². The molecule has 6 nitrogen and oxygen atoms in total.